The molecule has 1 aromatic heterocycles. The minimum Gasteiger partial charge on any atom is -0.352 e. The van der Waals surface area contributed by atoms with E-state index in [4.69, 9.17) is 0 Å². The number of aryl methyl sites for hydroxylation is 1. The number of guanidine groups is 1. The molecule has 2 aliphatic heterocycles. The Hall–Kier alpha value is -0.900. The second-order valence-electron chi connectivity index (χ2n) is 6.99. The summed E-state index contributed by atoms with van der Waals surface area (Å²) < 4.78 is 2.22. The summed E-state index contributed by atoms with van der Waals surface area (Å²) in [6, 6.07) is 1.03. The zero-order valence-corrected chi connectivity index (χ0v) is 17.4. The van der Waals surface area contributed by atoms with Gasteiger partial charge in [0.05, 0.1) is 6.54 Å². The number of rotatable bonds is 4. The molecule has 1 aromatic rings. The van der Waals surface area contributed by atoms with Gasteiger partial charge in [-0.2, -0.15) is 0 Å². The molecule has 0 spiro atoms. The van der Waals surface area contributed by atoms with Crippen molar-refractivity contribution in [1.29, 1.82) is 0 Å². The molecule has 2 N–H and O–H groups in total. The van der Waals surface area contributed by atoms with Crippen LogP contribution in [0.4, 0.5) is 0 Å². The van der Waals surface area contributed by atoms with E-state index in [9.17, 15) is 0 Å². The van der Waals surface area contributed by atoms with Gasteiger partial charge in [-0.25, -0.2) is 0 Å². The Morgan fingerprint density at radius 1 is 1.33 bits per heavy atom. The Morgan fingerprint density at radius 3 is 2.79 bits per heavy atom. The Balaban J connectivity index is 0.00000208. The van der Waals surface area contributed by atoms with Crippen molar-refractivity contribution in [1.82, 2.24) is 30.3 Å². The summed E-state index contributed by atoms with van der Waals surface area (Å²) in [6.07, 6.45) is 2.22. The van der Waals surface area contributed by atoms with E-state index in [0.29, 0.717) is 24.5 Å². The number of aromatic nitrogens is 3. The van der Waals surface area contributed by atoms with Crippen LogP contribution in [0, 0.1) is 5.92 Å². The minimum atomic E-state index is 0. The molecule has 0 radical (unpaired) electrons. The topological polar surface area (TPSA) is 70.4 Å². The summed E-state index contributed by atoms with van der Waals surface area (Å²) in [5, 5.41) is 15.5. The first-order valence-corrected chi connectivity index (χ1v) is 8.70. The van der Waals surface area contributed by atoms with Gasteiger partial charge in [0.15, 0.2) is 11.8 Å². The summed E-state index contributed by atoms with van der Waals surface area (Å²) in [6.45, 7) is 10.7. The van der Waals surface area contributed by atoms with Crippen molar-refractivity contribution in [3.8, 4) is 0 Å². The van der Waals surface area contributed by atoms with Crippen LogP contribution in [0.25, 0.3) is 0 Å². The van der Waals surface area contributed by atoms with Crippen molar-refractivity contribution in [2.45, 2.75) is 58.8 Å². The van der Waals surface area contributed by atoms with Gasteiger partial charge in [-0.3, -0.25) is 9.89 Å². The average molecular weight is 447 g/mol. The molecule has 0 saturated carbocycles. The number of nitrogens with zero attached hydrogens (tertiary/aromatic N) is 5. The third-order valence-corrected chi connectivity index (χ3v) is 5.02. The minimum absolute atomic E-state index is 0. The van der Waals surface area contributed by atoms with Crippen molar-refractivity contribution in [3.63, 3.8) is 0 Å². The molecule has 7 nitrogen and oxygen atoms in total. The van der Waals surface area contributed by atoms with E-state index in [1.54, 1.807) is 0 Å². The molecule has 1 fully saturated rings. The first kappa shape index (κ1) is 19.4. The fourth-order valence-corrected chi connectivity index (χ4v) is 3.49. The summed E-state index contributed by atoms with van der Waals surface area (Å²) in [7, 11) is 1.82. The predicted octanol–water partition coefficient (Wildman–Crippen LogP) is 1.24. The van der Waals surface area contributed by atoms with E-state index >= 15 is 0 Å². The maximum absolute atomic E-state index is 4.37. The molecule has 2 atom stereocenters. The molecular formula is C16H30IN7. The predicted molar refractivity (Wildman–Crippen MR) is 107 cm³/mol. The molecule has 0 amide bonds. The molecule has 0 aromatic carbocycles. The van der Waals surface area contributed by atoms with Crippen LogP contribution in [0.15, 0.2) is 4.99 Å². The van der Waals surface area contributed by atoms with Gasteiger partial charge in [0.25, 0.3) is 0 Å². The molecule has 0 aliphatic carbocycles. The number of likely N-dealkylation sites (tertiary alicyclic amines) is 1. The van der Waals surface area contributed by atoms with Gasteiger partial charge in [0.2, 0.25) is 0 Å². The Morgan fingerprint density at radius 2 is 2.12 bits per heavy atom. The largest absolute Gasteiger partial charge is 0.352 e. The fourth-order valence-electron chi connectivity index (χ4n) is 3.49. The molecule has 1 saturated heterocycles. The maximum Gasteiger partial charge on any atom is 0.191 e. The molecule has 3 heterocycles. The monoisotopic (exact) mass is 447 g/mol. The van der Waals surface area contributed by atoms with E-state index in [2.05, 4.69) is 56.1 Å². The third-order valence-electron chi connectivity index (χ3n) is 5.02. The van der Waals surface area contributed by atoms with Crippen LogP contribution in [0.1, 0.15) is 38.8 Å². The molecule has 0 bridgehead atoms. The Bertz CT molecular complexity index is 569. The summed E-state index contributed by atoms with van der Waals surface area (Å²) in [5.74, 6) is 3.58. The summed E-state index contributed by atoms with van der Waals surface area (Å²) in [4.78, 5) is 6.88. The lowest BCUT2D eigenvalue weighted by atomic mass is 10.1. The first-order chi connectivity index (χ1) is 11.1. The van der Waals surface area contributed by atoms with Crippen molar-refractivity contribution >= 4 is 29.9 Å². The number of fused-ring (bicyclic) bond motifs is 1. The van der Waals surface area contributed by atoms with Crippen LogP contribution >= 0.6 is 24.0 Å². The lowest BCUT2D eigenvalue weighted by molar-refractivity contribution is 0.265. The number of hydrogen-bond acceptors (Lipinski definition) is 4. The van der Waals surface area contributed by atoms with Gasteiger partial charge in [-0.15, -0.1) is 34.2 Å². The van der Waals surface area contributed by atoms with Crippen molar-refractivity contribution in [2.24, 2.45) is 10.9 Å². The summed E-state index contributed by atoms with van der Waals surface area (Å²) in [5.41, 5.74) is 0. The molecule has 24 heavy (non-hydrogen) atoms. The lowest BCUT2D eigenvalue weighted by Gasteiger charge is -2.21. The zero-order valence-electron chi connectivity index (χ0n) is 15.1. The number of halogens is 1. The third kappa shape index (κ3) is 4.19. The normalized spacial score (nSPS) is 24.1. The molecule has 3 rings (SSSR count). The van der Waals surface area contributed by atoms with Gasteiger partial charge >= 0.3 is 0 Å². The van der Waals surface area contributed by atoms with E-state index in [0.717, 1.165) is 43.7 Å². The van der Waals surface area contributed by atoms with E-state index in [-0.39, 0.29) is 24.0 Å². The van der Waals surface area contributed by atoms with Gasteiger partial charge in [0, 0.05) is 45.2 Å². The highest BCUT2D eigenvalue weighted by Crippen LogP contribution is 2.18. The van der Waals surface area contributed by atoms with Crippen LogP contribution in [0.3, 0.4) is 0 Å². The van der Waals surface area contributed by atoms with E-state index in [1.807, 2.05) is 7.05 Å². The van der Waals surface area contributed by atoms with Crippen molar-refractivity contribution in [3.05, 3.63) is 11.6 Å². The van der Waals surface area contributed by atoms with E-state index < -0.39 is 0 Å². The van der Waals surface area contributed by atoms with Gasteiger partial charge in [-0.1, -0.05) is 6.92 Å². The highest BCUT2D eigenvalue weighted by molar-refractivity contribution is 14.0. The molecule has 8 heteroatoms. The van der Waals surface area contributed by atoms with Gasteiger partial charge in [-0.05, 0) is 26.2 Å². The van der Waals surface area contributed by atoms with Crippen LogP contribution in [0.5, 0.6) is 0 Å². The fraction of sp³-hybridized carbons (Fsp3) is 0.812. The smallest absolute Gasteiger partial charge is 0.191 e. The molecular weight excluding hydrogens is 417 g/mol. The zero-order chi connectivity index (χ0) is 16.4. The maximum atomic E-state index is 4.37. The van der Waals surface area contributed by atoms with Crippen molar-refractivity contribution < 1.29 is 0 Å². The highest BCUT2D eigenvalue weighted by atomic mass is 127. The lowest BCUT2D eigenvalue weighted by Crippen LogP contribution is -2.46. The van der Waals surface area contributed by atoms with E-state index in [1.165, 1.54) is 6.42 Å². The van der Waals surface area contributed by atoms with Crippen molar-refractivity contribution in [2.75, 3.05) is 20.1 Å². The molecule has 2 unspecified atom stereocenters. The SMILES string of the molecule is CN=C(NCc1nnc2n1CCC2)NC1CN(C(C)C)CC1C.I. The number of nitrogens with one attached hydrogen (secondary N) is 2. The van der Waals surface area contributed by atoms with Crippen LogP contribution in [-0.2, 0) is 19.5 Å². The highest BCUT2D eigenvalue weighted by Gasteiger charge is 2.31. The number of hydrogen-bond donors (Lipinski definition) is 2. The summed E-state index contributed by atoms with van der Waals surface area (Å²) >= 11 is 0. The average Bonchev–Trinajstić information content (AvgIpc) is 3.20. The number of aliphatic imine (C=N–C) groups is 1. The quantitative estimate of drug-likeness (QED) is 0.413. The second kappa shape index (κ2) is 8.46. The Kier molecular flexibility index (Phi) is 6.85. The van der Waals surface area contributed by atoms with Crippen LogP contribution in [0.2, 0.25) is 0 Å². The van der Waals surface area contributed by atoms with Crippen LogP contribution in [-0.4, -0.2) is 57.8 Å². The standard InChI is InChI=1S/C16H29N7.HI/c1-11(2)22-9-12(3)13(10-22)19-16(17-4)18-8-15-21-20-14-6-5-7-23(14)15;/h11-13H,5-10H2,1-4H3,(H2,17,18,19);1H. The van der Waals surface area contributed by atoms with Crippen LogP contribution < -0.4 is 10.6 Å². The first-order valence-electron chi connectivity index (χ1n) is 8.70. The van der Waals surface area contributed by atoms with Gasteiger partial charge in [0.1, 0.15) is 5.82 Å². The Labute approximate surface area is 161 Å². The second-order valence-corrected chi connectivity index (χ2v) is 6.99. The van der Waals surface area contributed by atoms with Gasteiger partial charge < -0.3 is 15.2 Å². The molecule has 136 valence electrons. The molecule has 2 aliphatic rings.